The van der Waals surface area contributed by atoms with Crippen LogP contribution in [-0.4, -0.2) is 0 Å². The van der Waals surface area contributed by atoms with Crippen LogP contribution in [0.2, 0.25) is 0 Å². The Morgan fingerprint density at radius 2 is 1.78 bits per heavy atom. The standard InChI is InChI=1S/C8H14.H3N/c1-8-4-2-7(6-8)3-5-8;/h7H,2-6H2,1H3;1H3. The van der Waals surface area contributed by atoms with E-state index < -0.39 is 0 Å². The van der Waals surface area contributed by atoms with Crippen LogP contribution in [0.1, 0.15) is 39.0 Å². The van der Waals surface area contributed by atoms with Crippen molar-refractivity contribution in [2.45, 2.75) is 39.0 Å². The fourth-order valence-corrected chi connectivity index (χ4v) is 2.48. The molecule has 2 aliphatic carbocycles. The quantitative estimate of drug-likeness (QED) is 0.533. The third-order valence-corrected chi connectivity index (χ3v) is 3.09. The van der Waals surface area contributed by atoms with Crippen molar-refractivity contribution in [1.29, 1.82) is 0 Å². The third-order valence-electron chi connectivity index (χ3n) is 3.09. The maximum atomic E-state index is 2.46. The van der Waals surface area contributed by atoms with E-state index in [2.05, 4.69) is 6.92 Å². The Kier molecular flexibility index (Phi) is 1.55. The lowest BCUT2D eigenvalue weighted by molar-refractivity contribution is 0.332. The highest BCUT2D eigenvalue weighted by Crippen LogP contribution is 2.53. The molecule has 9 heavy (non-hydrogen) atoms. The van der Waals surface area contributed by atoms with Gasteiger partial charge in [0.15, 0.2) is 0 Å². The molecule has 2 saturated carbocycles. The minimum absolute atomic E-state index is 0. The van der Waals surface area contributed by atoms with Gasteiger partial charge in [0.25, 0.3) is 0 Å². The first-order valence-electron chi connectivity index (χ1n) is 3.79. The van der Waals surface area contributed by atoms with Gasteiger partial charge in [0.2, 0.25) is 0 Å². The summed E-state index contributed by atoms with van der Waals surface area (Å²) in [4.78, 5) is 0. The molecule has 0 unspecified atom stereocenters. The van der Waals surface area contributed by atoms with Gasteiger partial charge in [0.05, 0.1) is 0 Å². The van der Waals surface area contributed by atoms with E-state index in [-0.39, 0.29) is 6.15 Å². The van der Waals surface area contributed by atoms with Gasteiger partial charge in [-0.1, -0.05) is 6.92 Å². The first-order chi connectivity index (χ1) is 3.79. The van der Waals surface area contributed by atoms with Crippen LogP contribution >= 0.6 is 0 Å². The zero-order valence-corrected chi connectivity index (χ0v) is 6.32. The van der Waals surface area contributed by atoms with Crippen LogP contribution < -0.4 is 6.15 Å². The van der Waals surface area contributed by atoms with E-state index in [0.717, 1.165) is 11.3 Å². The lowest BCUT2D eigenvalue weighted by Gasteiger charge is -2.18. The van der Waals surface area contributed by atoms with Crippen molar-refractivity contribution < 1.29 is 0 Å². The lowest BCUT2D eigenvalue weighted by Crippen LogP contribution is -2.06. The zero-order valence-electron chi connectivity index (χ0n) is 6.32. The lowest BCUT2D eigenvalue weighted by atomic mass is 9.87. The average Bonchev–Trinajstić information content (AvgIpc) is 2.21. The molecule has 1 nitrogen and oxygen atoms in total. The smallest absolute Gasteiger partial charge is 0.0323 e. The molecule has 54 valence electrons. The van der Waals surface area contributed by atoms with Gasteiger partial charge in [0, 0.05) is 0 Å². The van der Waals surface area contributed by atoms with Crippen molar-refractivity contribution >= 4 is 0 Å². The first kappa shape index (κ1) is 7.07. The molecule has 0 aliphatic heterocycles. The van der Waals surface area contributed by atoms with Crippen LogP contribution in [0.5, 0.6) is 0 Å². The summed E-state index contributed by atoms with van der Waals surface area (Å²) in [5, 5.41) is 0. The Balaban J connectivity index is 0.000000405. The molecule has 0 aromatic carbocycles. The fraction of sp³-hybridized carbons (Fsp3) is 1.00. The fourth-order valence-electron chi connectivity index (χ4n) is 2.48. The van der Waals surface area contributed by atoms with Crippen molar-refractivity contribution in [3.8, 4) is 0 Å². The summed E-state index contributed by atoms with van der Waals surface area (Å²) in [5.41, 5.74) is 0.810. The van der Waals surface area contributed by atoms with Crippen LogP contribution in [0.4, 0.5) is 0 Å². The SMILES string of the molecule is CC12CCC(CC1)C2.N. The van der Waals surface area contributed by atoms with Crippen LogP contribution in [-0.2, 0) is 0 Å². The molecule has 1 heteroatoms. The molecule has 2 aliphatic rings. The predicted octanol–water partition coefficient (Wildman–Crippen LogP) is 2.75. The van der Waals surface area contributed by atoms with Gasteiger partial charge in [-0.05, 0) is 43.4 Å². The van der Waals surface area contributed by atoms with E-state index >= 15 is 0 Å². The van der Waals surface area contributed by atoms with E-state index in [1.54, 1.807) is 6.42 Å². The summed E-state index contributed by atoms with van der Waals surface area (Å²) in [7, 11) is 0. The molecule has 0 aromatic heterocycles. The van der Waals surface area contributed by atoms with Gasteiger partial charge in [-0.15, -0.1) is 0 Å². The predicted molar refractivity (Wildman–Crippen MR) is 39.7 cm³/mol. The molecule has 0 radical (unpaired) electrons. The topological polar surface area (TPSA) is 35.0 Å². The van der Waals surface area contributed by atoms with Crippen LogP contribution in [0.3, 0.4) is 0 Å². The summed E-state index contributed by atoms with van der Waals surface area (Å²) in [5.74, 6) is 1.14. The van der Waals surface area contributed by atoms with E-state index in [1.165, 1.54) is 25.7 Å². The van der Waals surface area contributed by atoms with Gasteiger partial charge < -0.3 is 6.15 Å². The second kappa shape index (κ2) is 1.98. The zero-order chi connectivity index (χ0) is 5.61. The number of rotatable bonds is 0. The molecule has 0 saturated heterocycles. The van der Waals surface area contributed by atoms with Crippen molar-refractivity contribution in [3.63, 3.8) is 0 Å². The average molecular weight is 127 g/mol. The monoisotopic (exact) mass is 127 g/mol. The molecule has 0 heterocycles. The molecule has 0 aromatic rings. The van der Waals surface area contributed by atoms with E-state index in [9.17, 15) is 0 Å². The van der Waals surface area contributed by atoms with Gasteiger partial charge >= 0.3 is 0 Å². The summed E-state index contributed by atoms with van der Waals surface area (Å²) in [6, 6.07) is 0. The Bertz CT molecular complexity index is 101. The van der Waals surface area contributed by atoms with Gasteiger partial charge in [0.1, 0.15) is 0 Å². The highest BCUT2D eigenvalue weighted by Gasteiger charge is 2.40. The maximum Gasteiger partial charge on any atom is -0.0323 e. The van der Waals surface area contributed by atoms with E-state index in [0.29, 0.717) is 0 Å². The normalized spacial score (nSPS) is 47.0. The van der Waals surface area contributed by atoms with E-state index in [4.69, 9.17) is 0 Å². The second-order valence-corrected chi connectivity index (χ2v) is 3.96. The Labute approximate surface area is 57.4 Å². The molecule has 2 rings (SSSR count). The minimum atomic E-state index is 0. The summed E-state index contributed by atoms with van der Waals surface area (Å²) >= 11 is 0. The minimum Gasteiger partial charge on any atom is -0.344 e. The molecule has 2 bridgehead atoms. The van der Waals surface area contributed by atoms with Gasteiger partial charge in [-0.25, -0.2) is 0 Å². The third kappa shape index (κ3) is 0.983. The first-order valence-corrected chi connectivity index (χ1v) is 3.79. The van der Waals surface area contributed by atoms with Crippen molar-refractivity contribution in [3.05, 3.63) is 0 Å². The Morgan fingerprint density at radius 3 is 1.89 bits per heavy atom. The molecular weight excluding hydrogens is 110 g/mol. The molecule has 3 N–H and O–H groups in total. The summed E-state index contributed by atoms with van der Waals surface area (Å²) in [6.07, 6.45) is 7.68. The molecule has 0 atom stereocenters. The Hall–Kier alpha value is -0.0400. The number of hydrogen-bond acceptors (Lipinski definition) is 1. The molecule has 0 amide bonds. The van der Waals surface area contributed by atoms with Crippen molar-refractivity contribution in [2.75, 3.05) is 0 Å². The highest BCUT2D eigenvalue weighted by molar-refractivity contribution is 4.92. The molecular formula is C8H17N. The number of fused-ring (bicyclic) bond motifs is 2. The summed E-state index contributed by atoms with van der Waals surface area (Å²) < 4.78 is 0. The van der Waals surface area contributed by atoms with Crippen molar-refractivity contribution in [1.82, 2.24) is 6.15 Å². The van der Waals surface area contributed by atoms with Crippen LogP contribution in [0, 0.1) is 11.3 Å². The van der Waals surface area contributed by atoms with Crippen LogP contribution in [0.15, 0.2) is 0 Å². The van der Waals surface area contributed by atoms with Crippen LogP contribution in [0.25, 0.3) is 0 Å². The molecule has 2 fully saturated rings. The number of hydrogen-bond donors (Lipinski definition) is 1. The Morgan fingerprint density at radius 1 is 1.22 bits per heavy atom. The maximum absolute atomic E-state index is 2.46. The van der Waals surface area contributed by atoms with Gasteiger partial charge in [-0.2, -0.15) is 0 Å². The highest BCUT2D eigenvalue weighted by atomic mass is 14.5. The largest absolute Gasteiger partial charge is 0.344 e. The van der Waals surface area contributed by atoms with E-state index in [1.807, 2.05) is 0 Å². The van der Waals surface area contributed by atoms with Gasteiger partial charge in [-0.3, -0.25) is 0 Å². The second-order valence-electron chi connectivity index (χ2n) is 3.96. The summed E-state index contributed by atoms with van der Waals surface area (Å²) in [6.45, 7) is 2.46. The molecule has 0 spiro atoms. The van der Waals surface area contributed by atoms with Crippen molar-refractivity contribution in [2.24, 2.45) is 11.3 Å².